The molecule has 5 N–H and O–H groups in total. The summed E-state index contributed by atoms with van der Waals surface area (Å²) in [6.45, 7) is 3.33. The molecule has 78 valence electrons. The highest BCUT2D eigenvalue weighted by molar-refractivity contribution is 5.75. The molecular formula is C9H21N3O. The summed E-state index contributed by atoms with van der Waals surface area (Å²) in [5.41, 5.74) is 10.8. The average Bonchev–Trinajstić information content (AvgIpc) is 2.09. The number of nitrogens with two attached hydrogens (primary N) is 2. The molecule has 0 fully saturated rings. The predicted octanol–water partition coefficient (Wildman–Crippen LogP) is -0.0311. The van der Waals surface area contributed by atoms with E-state index in [-0.39, 0.29) is 11.9 Å². The van der Waals surface area contributed by atoms with E-state index < -0.39 is 0 Å². The zero-order valence-corrected chi connectivity index (χ0v) is 8.38. The van der Waals surface area contributed by atoms with Gasteiger partial charge in [-0.15, -0.1) is 0 Å². The first-order valence-electron chi connectivity index (χ1n) is 4.89. The summed E-state index contributed by atoms with van der Waals surface area (Å²) in [4.78, 5) is 11.1. The highest BCUT2D eigenvalue weighted by Crippen LogP contribution is 1.93. The second kappa shape index (κ2) is 8.01. The zero-order chi connectivity index (χ0) is 10.1. The molecule has 0 aliphatic heterocycles. The molecular weight excluding hydrogens is 166 g/mol. The van der Waals surface area contributed by atoms with E-state index in [1.54, 1.807) is 0 Å². The fourth-order valence-electron chi connectivity index (χ4n) is 0.944. The molecule has 0 radical (unpaired) electrons. The van der Waals surface area contributed by atoms with Gasteiger partial charge in [0.15, 0.2) is 0 Å². The van der Waals surface area contributed by atoms with Crippen LogP contribution in [0.15, 0.2) is 0 Å². The standard InChI is InChI=1S/C9H21N3O/c1-8(11)4-5-9(13)12-7-3-2-6-10/h8H,2-7,10-11H2,1H3,(H,12,13). The van der Waals surface area contributed by atoms with Gasteiger partial charge in [-0.25, -0.2) is 0 Å². The SMILES string of the molecule is CC(N)CCC(=O)NCCCCN. The number of hydrogen-bond acceptors (Lipinski definition) is 3. The Morgan fingerprint density at radius 3 is 2.69 bits per heavy atom. The highest BCUT2D eigenvalue weighted by atomic mass is 16.1. The third kappa shape index (κ3) is 9.30. The minimum absolute atomic E-state index is 0.0920. The van der Waals surface area contributed by atoms with E-state index in [0.717, 1.165) is 25.8 Å². The summed E-state index contributed by atoms with van der Waals surface area (Å²) in [5.74, 6) is 0.0920. The van der Waals surface area contributed by atoms with Crippen LogP contribution in [0.5, 0.6) is 0 Å². The van der Waals surface area contributed by atoms with Crippen LogP contribution in [0.1, 0.15) is 32.6 Å². The van der Waals surface area contributed by atoms with Crippen LogP contribution >= 0.6 is 0 Å². The van der Waals surface area contributed by atoms with E-state index >= 15 is 0 Å². The quantitative estimate of drug-likeness (QED) is 0.489. The Labute approximate surface area is 80.0 Å². The van der Waals surface area contributed by atoms with Crippen LogP contribution < -0.4 is 16.8 Å². The Bertz CT molecular complexity index is 137. The van der Waals surface area contributed by atoms with Gasteiger partial charge in [0.2, 0.25) is 5.91 Å². The van der Waals surface area contributed by atoms with Gasteiger partial charge in [-0.2, -0.15) is 0 Å². The monoisotopic (exact) mass is 187 g/mol. The first kappa shape index (κ1) is 12.4. The van der Waals surface area contributed by atoms with Gasteiger partial charge in [-0.1, -0.05) is 0 Å². The Morgan fingerprint density at radius 2 is 2.15 bits per heavy atom. The normalized spacial score (nSPS) is 12.5. The van der Waals surface area contributed by atoms with E-state index in [0.29, 0.717) is 13.0 Å². The third-order valence-electron chi connectivity index (χ3n) is 1.78. The van der Waals surface area contributed by atoms with Crippen LogP contribution in [0.25, 0.3) is 0 Å². The van der Waals surface area contributed by atoms with Crippen molar-refractivity contribution < 1.29 is 4.79 Å². The van der Waals surface area contributed by atoms with Gasteiger partial charge in [-0.3, -0.25) is 4.79 Å². The van der Waals surface area contributed by atoms with Crippen LogP contribution in [-0.4, -0.2) is 25.0 Å². The molecule has 0 heterocycles. The van der Waals surface area contributed by atoms with E-state index in [2.05, 4.69) is 5.32 Å². The van der Waals surface area contributed by atoms with Crippen molar-refractivity contribution in [2.24, 2.45) is 11.5 Å². The molecule has 0 rings (SSSR count). The lowest BCUT2D eigenvalue weighted by Crippen LogP contribution is -2.26. The van der Waals surface area contributed by atoms with Crippen molar-refractivity contribution in [3.8, 4) is 0 Å². The maximum atomic E-state index is 11.1. The number of amides is 1. The summed E-state index contributed by atoms with van der Waals surface area (Å²) in [7, 11) is 0. The molecule has 0 aliphatic carbocycles. The minimum Gasteiger partial charge on any atom is -0.356 e. The van der Waals surface area contributed by atoms with E-state index in [1.165, 1.54) is 0 Å². The van der Waals surface area contributed by atoms with Crippen LogP contribution in [0.4, 0.5) is 0 Å². The molecule has 4 nitrogen and oxygen atoms in total. The van der Waals surface area contributed by atoms with Gasteiger partial charge in [0, 0.05) is 19.0 Å². The van der Waals surface area contributed by atoms with Crippen LogP contribution in [0, 0.1) is 0 Å². The van der Waals surface area contributed by atoms with Gasteiger partial charge < -0.3 is 16.8 Å². The molecule has 0 aromatic rings. The molecule has 0 aromatic heterocycles. The summed E-state index contributed by atoms with van der Waals surface area (Å²) in [6, 6.07) is 0.106. The predicted molar refractivity (Wildman–Crippen MR) is 54.2 cm³/mol. The fraction of sp³-hybridized carbons (Fsp3) is 0.889. The van der Waals surface area contributed by atoms with Crippen molar-refractivity contribution in [3.63, 3.8) is 0 Å². The molecule has 0 spiro atoms. The van der Waals surface area contributed by atoms with E-state index in [9.17, 15) is 4.79 Å². The first-order valence-corrected chi connectivity index (χ1v) is 4.89. The third-order valence-corrected chi connectivity index (χ3v) is 1.78. The lowest BCUT2D eigenvalue weighted by molar-refractivity contribution is -0.121. The van der Waals surface area contributed by atoms with Crippen molar-refractivity contribution in [1.82, 2.24) is 5.32 Å². The van der Waals surface area contributed by atoms with Crippen molar-refractivity contribution >= 4 is 5.91 Å². The average molecular weight is 187 g/mol. The second-order valence-corrected chi connectivity index (χ2v) is 3.36. The second-order valence-electron chi connectivity index (χ2n) is 3.36. The number of unbranched alkanes of at least 4 members (excludes halogenated alkanes) is 1. The van der Waals surface area contributed by atoms with Crippen LogP contribution in [0.3, 0.4) is 0 Å². The molecule has 13 heavy (non-hydrogen) atoms. The van der Waals surface area contributed by atoms with Gasteiger partial charge in [0.1, 0.15) is 0 Å². The zero-order valence-electron chi connectivity index (χ0n) is 8.38. The number of nitrogens with one attached hydrogen (secondary N) is 1. The molecule has 1 atom stereocenters. The van der Waals surface area contributed by atoms with E-state index in [4.69, 9.17) is 11.5 Å². The minimum atomic E-state index is 0.0920. The van der Waals surface area contributed by atoms with Crippen molar-refractivity contribution in [1.29, 1.82) is 0 Å². The largest absolute Gasteiger partial charge is 0.356 e. The summed E-state index contributed by atoms with van der Waals surface area (Å²) < 4.78 is 0. The summed E-state index contributed by atoms with van der Waals surface area (Å²) in [5, 5.41) is 2.82. The molecule has 0 aromatic carbocycles. The van der Waals surface area contributed by atoms with Gasteiger partial charge in [0.05, 0.1) is 0 Å². The topological polar surface area (TPSA) is 81.1 Å². The van der Waals surface area contributed by atoms with Gasteiger partial charge in [-0.05, 0) is 32.7 Å². The Morgan fingerprint density at radius 1 is 1.46 bits per heavy atom. The highest BCUT2D eigenvalue weighted by Gasteiger charge is 2.01. The molecule has 0 saturated heterocycles. The van der Waals surface area contributed by atoms with E-state index in [1.807, 2.05) is 6.92 Å². The molecule has 4 heteroatoms. The molecule has 0 aliphatic rings. The Balaban J connectivity index is 3.20. The lowest BCUT2D eigenvalue weighted by Gasteiger charge is -2.06. The number of rotatable bonds is 7. The molecule has 0 bridgehead atoms. The van der Waals surface area contributed by atoms with Crippen molar-refractivity contribution in [2.75, 3.05) is 13.1 Å². The number of carbonyl (C=O) groups excluding carboxylic acids is 1. The molecule has 1 amide bonds. The number of carbonyl (C=O) groups is 1. The fourth-order valence-corrected chi connectivity index (χ4v) is 0.944. The molecule has 0 saturated carbocycles. The summed E-state index contributed by atoms with van der Waals surface area (Å²) in [6.07, 6.45) is 3.21. The van der Waals surface area contributed by atoms with Crippen LogP contribution in [0.2, 0.25) is 0 Å². The number of hydrogen-bond donors (Lipinski definition) is 3. The first-order chi connectivity index (χ1) is 6.16. The van der Waals surface area contributed by atoms with Crippen molar-refractivity contribution in [2.45, 2.75) is 38.6 Å². The summed E-state index contributed by atoms with van der Waals surface area (Å²) >= 11 is 0. The van der Waals surface area contributed by atoms with Gasteiger partial charge in [0.25, 0.3) is 0 Å². The van der Waals surface area contributed by atoms with Crippen molar-refractivity contribution in [3.05, 3.63) is 0 Å². The maximum absolute atomic E-state index is 11.1. The Kier molecular flexibility index (Phi) is 7.63. The maximum Gasteiger partial charge on any atom is 0.220 e. The van der Waals surface area contributed by atoms with Crippen LogP contribution in [-0.2, 0) is 4.79 Å². The lowest BCUT2D eigenvalue weighted by atomic mass is 10.2. The molecule has 1 unspecified atom stereocenters. The van der Waals surface area contributed by atoms with Gasteiger partial charge >= 0.3 is 0 Å². The Hall–Kier alpha value is -0.610. The smallest absolute Gasteiger partial charge is 0.220 e.